The molecule has 3 aromatic rings. The first kappa shape index (κ1) is 41.5. The molecule has 0 saturated heterocycles. The summed E-state index contributed by atoms with van der Waals surface area (Å²) in [5.41, 5.74) is 1.67. The lowest BCUT2D eigenvalue weighted by Gasteiger charge is -2.30. The summed E-state index contributed by atoms with van der Waals surface area (Å²) in [6.07, 6.45) is 2.03. The van der Waals surface area contributed by atoms with Gasteiger partial charge >= 0.3 is 23.9 Å². The standard InChI is InChI=1S/C41H43BrO12/c1-16(2)29-25(11)31(37(45)46)21(7)23(9)35(29)53-38(47)30-17(3)13-27(19(5)20(30)6)52-39(48)32-22(8)24(10)36(33(42)34(32)44)54-40(49)41(50)18(4)14-26(43)15-28(41)51-12/h13-16,44,50H,1-12H3,(H,45,46)/t41-/m1/s1. The second kappa shape index (κ2) is 15.2. The second-order valence-corrected chi connectivity index (χ2v) is 14.5. The van der Waals surface area contributed by atoms with Crippen LogP contribution in [-0.4, -0.2) is 57.7 Å². The number of esters is 3. The summed E-state index contributed by atoms with van der Waals surface area (Å²) >= 11 is 3.21. The monoisotopic (exact) mass is 806 g/mol. The third-order valence-electron chi connectivity index (χ3n) is 10.1. The zero-order valence-corrected chi connectivity index (χ0v) is 33.8. The number of carboxylic acid groups (broad SMARTS) is 1. The Hall–Kier alpha value is -5.27. The number of carbonyl (C=O) groups excluding carboxylic acids is 4. The van der Waals surface area contributed by atoms with E-state index < -0.39 is 41.0 Å². The maximum absolute atomic E-state index is 13.8. The van der Waals surface area contributed by atoms with Crippen LogP contribution in [-0.2, 0) is 14.3 Å². The number of hydrogen-bond acceptors (Lipinski definition) is 11. The maximum atomic E-state index is 13.8. The normalized spacial score (nSPS) is 15.4. The predicted molar refractivity (Wildman–Crippen MR) is 202 cm³/mol. The van der Waals surface area contributed by atoms with Gasteiger partial charge in [0.1, 0.15) is 33.0 Å². The summed E-state index contributed by atoms with van der Waals surface area (Å²) in [7, 11) is 1.19. The highest BCUT2D eigenvalue weighted by molar-refractivity contribution is 9.10. The number of aliphatic hydroxyl groups is 1. The first-order valence-corrected chi connectivity index (χ1v) is 17.7. The average Bonchev–Trinajstić information content (AvgIpc) is 3.08. The van der Waals surface area contributed by atoms with E-state index in [-0.39, 0.29) is 61.0 Å². The van der Waals surface area contributed by atoms with E-state index in [0.717, 1.165) is 12.2 Å². The van der Waals surface area contributed by atoms with Gasteiger partial charge < -0.3 is 34.3 Å². The molecule has 1 aliphatic rings. The number of ether oxygens (including phenoxy) is 4. The summed E-state index contributed by atoms with van der Waals surface area (Å²) < 4.78 is 22.3. The summed E-state index contributed by atoms with van der Waals surface area (Å²) in [4.78, 5) is 65.0. The number of aryl methyl sites for hydroxylation is 1. The van der Waals surface area contributed by atoms with Crippen molar-refractivity contribution in [3.05, 3.63) is 101 Å². The fraction of sp³-hybridized carbons (Fsp3) is 0.341. The van der Waals surface area contributed by atoms with Gasteiger partial charge in [0, 0.05) is 11.6 Å². The lowest BCUT2D eigenvalue weighted by atomic mass is 9.87. The zero-order chi connectivity index (χ0) is 40.9. The minimum absolute atomic E-state index is 0.0398. The van der Waals surface area contributed by atoms with Gasteiger partial charge in [0.15, 0.2) is 11.5 Å². The minimum Gasteiger partial charge on any atom is -0.506 e. The Labute approximate surface area is 321 Å². The van der Waals surface area contributed by atoms with E-state index in [9.17, 15) is 39.3 Å². The fourth-order valence-electron chi connectivity index (χ4n) is 6.76. The molecule has 3 N–H and O–H groups in total. The van der Waals surface area contributed by atoms with Crippen LogP contribution in [0, 0.1) is 55.4 Å². The molecule has 0 unspecified atom stereocenters. The molecule has 0 amide bonds. The predicted octanol–water partition coefficient (Wildman–Crippen LogP) is 7.58. The molecule has 0 aliphatic heterocycles. The minimum atomic E-state index is -2.43. The summed E-state index contributed by atoms with van der Waals surface area (Å²) in [6.45, 7) is 18.3. The third kappa shape index (κ3) is 6.93. The molecule has 1 atom stereocenters. The van der Waals surface area contributed by atoms with Crippen molar-refractivity contribution in [1.29, 1.82) is 0 Å². The van der Waals surface area contributed by atoms with Crippen LogP contribution in [0.1, 0.15) is 108 Å². The number of allylic oxidation sites excluding steroid dienone is 2. The Morgan fingerprint density at radius 1 is 0.722 bits per heavy atom. The summed E-state index contributed by atoms with van der Waals surface area (Å²) in [6, 6.07) is 1.51. The van der Waals surface area contributed by atoms with Crippen molar-refractivity contribution >= 4 is 45.6 Å². The lowest BCUT2D eigenvalue weighted by molar-refractivity contribution is -0.151. The van der Waals surface area contributed by atoms with E-state index in [2.05, 4.69) is 15.9 Å². The largest absolute Gasteiger partial charge is 0.506 e. The van der Waals surface area contributed by atoms with Crippen LogP contribution in [0.5, 0.6) is 23.0 Å². The number of halogens is 1. The molecule has 0 saturated carbocycles. The molecule has 0 spiro atoms. The van der Waals surface area contributed by atoms with Gasteiger partial charge in [-0.2, -0.15) is 0 Å². The van der Waals surface area contributed by atoms with E-state index in [0.29, 0.717) is 44.7 Å². The van der Waals surface area contributed by atoms with Gasteiger partial charge in [0.2, 0.25) is 5.60 Å². The van der Waals surface area contributed by atoms with Gasteiger partial charge in [-0.25, -0.2) is 19.2 Å². The number of carboxylic acids is 1. The average molecular weight is 808 g/mol. The quantitative estimate of drug-likeness (QED) is 0.143. The molecule has 0 aromatic heterocycles. The molecular formula is C41H43BrO12. The topological polar surface area (TPSA) is 183 Å². The van der Waals surface area contributed by atoms with E-state index in [1.54, 1.807) is 41.5 Å². The number of phenolic OH excluding ortho intramolecular Hbond substituents is 1. The van der Waals surface area contributed by atoms with E-state index in [4.69, 9.17) is 18.9 Å². The SMILES string of the molecule is COC1=CC(=O)C=C(C)[C@]1(O)C(=O)Oc1c(C)c(C)c(C(=O)Oc2cc(C)c(C(=O)Oc3c(C)c(C)c(C(=O)O)c(C)c3C(C)C)c(C)c2C)c(O)c1Br. The van der Waals surface area contributed by atoms with Crippen LogP contribution in [0.4, 0.5) is 0 Å². The van der Waals surface area contributed by atoms with E-state index in [1.165, 1.54) is 33.9 Å². The highest BCUT2D eigenvalue weighted by atomic mass is 79.9. The van der Waals surface area contributed by atoms with E-state index >= 15 is 0 Å². The van der Waals surface area contributed by atoms with Gasteiger partial charge in [0.25, 0.3) is 0 Å². The van der Waals surface area contributed by atoms with Crippen molar-refractivity contribution in [3.8, 4) is 23.0 Å². The van der Waals surface area contributed by atoms with Crippen molar-refractivity contribution < 1.29 is 58.2 Å². The Bertz CT molecular complexity index is 2210. The van der Waals surface area contributed by atoms with Crippen LogP contribution in [0.3, 0.4) is 0 Å². The highest BCUT2D eigenvalue weighted by Gasteiger charge is 2.48. The van der Waals surface area contributed by atoms with Crippen LogP contribution in [0.15, 0.2) is 34.0 Å². The number of rotatable bonds is 9. The second-order valence-electron chi connectivity index (χ2n) is 13.7. The van der Waals surface area contributed by atoms with Gasteiger partial charge in [-0.3, -0.25) is 4.79 Å². The molecule has 4 rings (SSSR count). The van der Waals surface area contributed by atoms with Gasteiger partial charge in [-0.05, 0) is 146 Å². The first-order chi connectivity index (χ1) is 25.0. The third-order valence-corrected chi connectivity index (χ3v) is 10.9. The lowest BCUT2D eigenvalue weighted by Crippen LogP contribution is -2.47. The van der Waals surface area contributed by atoms with Gasteiger partial charge in [-0.15, -0.1) is 0 Å². The van der Waals surface area contributed by atoms with Crippen molar-refractivity contribution in [2.24, 2.45) is 0 Å². The fourth-order valence-corrected chi connectivity index (χ4v) is 7.34. The molecule has 1 aliphatic carbocycles. The smallest absolute Gasteiger partial charge is 0.356 e. The molecule has 0 heterocycles. The maximum Gasteiger partial charge on any atom is 0.356 e. The molecule has 54 heavy (non-hydrogen) atoms. The van der Waals surface area contributed by atoms with Crippen LogP contribution in [0.2, 0.25) is 0 Å². The van der Waals surface area contributed by atoms with Gasteiger partial charge in [0.05, 0.1) is 18.2 Å². The zero-order valence-electron chi connectivity index (χ0n) is 32.2. The highest BCUT2D eigenvalue weighted by Crippen LogP contribution is 2.44. The number of carbonyl (C=O) groups is 5. The Morgan fingerprint density at radius 3 is 1.81 bits per heavy atom. The van der Waals surface area contributed by atoms with Gasteiger partial charge in [-0.1, -0.05) is 13.8 Å². The van der Waals surface area contributed by atoms with Crippen molar-refractivity contribution in [1.82, 2.24) is 0 Å². The van der Waals surface area contributed by atoms with Crippen LogP contribution >= 0.6 is 15.9 Å². The summed E-state index contributed by atoms with van der Waals surface area (Å²) in [5, 5.41) is 32.4. The Kier molecular flexibility index (Phi) is 11.7. The number of methoxy groups -OCH3 is 1. The van der Waals surface area contributed by atoms with E-state index in [1.807, 2.05) is 13.8 Å². The number of phenols is 1. The summed E-state index contributed by atoms with van der Waals surface area (Å²) in [5.74, 6) is -5.26. The molecule has 13 heteroatoms. The van der Waals surface area contributed by atoms with Crippen LogP contribution in [0.25, 0.3) is 0 Å². The number of aromatic carboxylic acids is 1. The Balaban J connectivity index is 1.68. The molecular weight excluding hydrogens is 764 g/mol. The number of benzene rings is 3. The number of ketones is 1. The molecule has 286 valence electrons. The van der Waals surface area contributed by atoms with Crippen molar-refractivity contribution in [2.75, 3.05) is 7.11 Å². The van der Waals surface area contributed by atoms with Crippen molar-refractivity contribution in [3.63, 3.8) is 0 Å². The molecule has 0 fully saturated rings. The first-order valence-electron chi connectivity index (χ1n) is 16.9. The van der Waals surface area contributed by atoms with Crippen LogP contribution < -0.4 is 14.2 Å². The van der Waals surface area contributed by atoms with Crippen molar-refractivity contribution in [2.45, 2.75) is 87.7 Å². The molecule has 3 aromatic carbocycles. The number of hydrogen-bond donors (Lipinski definition) is 3. The molecule has 12 nitrogen and oxygen atoms in total. The molecule has 0 bridgehead atoms. The Morgan fingerprint density at radius 2 is 1.26 bits per heavy atom. The molecule has 0 radical (unpaired) electrons. The number of aromatic hydroxyl groups is 1.